The highest BCUT2D eigenvalue weighted by Gasteiger charge is 2.32. The predicted octanol–water partition coefficient (Wildman–Crippen LogP) is 3.86. The van der Waals surface area contributed by atoms with Gasteiger partial charge in [-0.25, -0.2) is 0 Å². The van der Waals surface area contributed by atoms with Crippen LogP contribution in [0.1, 0.15) is 63.3 Å². The van der Waals surface area contributed by atoms with Gasteiger partial charge in [0.25, 0.3) is 0 Å². The molecule has 0 bridgehead atoms. The Morgan fingerprint density at radius 2 is 1.91 bits per heavy atom. The lowest BCUT2D eigenvalue weighted by Crippen LogP contribution is -2.30. The predicted molar refractivity (Wildman–Crippen MR) is 131 cm³/mol. The van der Waals surface area contributed by atoms with Crippen molar-refractivity contribution in [3.8, 4) is 0 Å². The first-order valence-corrected chi connectivity index (χ1v) is 11.7. The second kappa shape index (κ2) is 11.1. The van der Waals surface area contributed by atoms with Crippen LogP contribution in [0.25, 0.3) is 0 Å². The summed E-state index contributed by atoms with van der Waals surface area (Å²) in [6.07, 6.45) is 9.26. The van der Waals surface area contributed by atoms with Crippen molar-refractivity contribution in [1.82, 2.24) is 9.97 Å². The molecule has 0 aromatic carbocycles. The summed E-state index contributed by atoms with van der Waals surface area (Å²) < 4.78 is 0. The van der Waals surface area contributed by atoms with Gasteiger partial charge in [0.15, 0.2) is 0 Å². The fourth-order valence-corrected chi connectivity index (χ4v) is 4.28. The highest BCUT2D eigenvalue weighted by molar-refractivity contribution is 6.19. The van der Waals surface area contributed by atoms with Gasteiger partial charge in [-0.15, -0.1) is 5.10 Å². The van der Waals surface area contributed by atoms with Crippen molar-refractivity contribution >= 4 is 28.8 Å². The Balaban J connectivity index is 1.57. The molecule has 2 aromatic rings. The van der Waals surface area contributed by atoms with Crippen molar-refractivity contribution in [1.29, 1.82) is 0 Å². The Kier molecular flexibility index (Phi) is 7.69. The second-order valence-electron chi connectivity index (χ2n) is 8.71. The summed E-state index contributed by atoms with van der Waals surface area (Å²) in [5, 5.41) is 22.2. The maximum absolute atomic E-state index is 12.1. The van der Waals surface area contributed by atoms with Gasteiger partial charge in [0, 0.05) is 25.0 Å². The van der Waals surface area contributed by atoms with Crippen LogP contribution in [0.15, 0.2) is 64.6 Å². The van der Waals surface area contributed by atoms with Crippen LogP contribution >= 0.6 is 0 Å². The van der Waals surface area contributed by atoms with Crippen LogP contribution in [0.2, 0.25) is 0 Å². The number of hydrogen-bond acceptors (Lipinski definition) is 7. The number of nitrogens with one attached hydrogen (secondary N) is 1. The number of aliphatic hydroxyl groups excluding tert-OH is 1. The maximum atomic E-state index is 12.1. The summed E-state index contributed by atoms with van der Waals surface area (Å²) in [4.78, 5) is 32.2. The van der Waals surface area contributed by atoms with Gasteiger partial charge >= 0.3 is 0 Å². The van der Waals surface area contributed by atoms with Crippen molar-refractivity contribution in [2.45, 2.75) is 58.0 Å². The lowest BCUT2D eigenvalue weighted by atomic mass is 9.80. The van der Waals surface area contributed by atoms with E-state index in [9.17, 15) is 14.7 Å². The van der Waals surface area contributed by atoms with Crippen molar-refractivity contribution < 1.29 is 14.7 Å². The number of aliphatic hydroxyl groups is 1. The second-order valence-corrected chi connectivity index (χ2v) is 8.71. The van der Waals surface area contributed by atoms with Crippen LogP contribution in [0, 0.1) is 5.92 Å². The number of hydrogen-bond donors (Lipinski definition) is 2. The summed E-state index contributed by atoms with van der Waals surface area (Å²) in [5.41, 5.74) is 4.64. The fraction of sp³-hybridized carbons (Fsp3) is 0.385. The van der Waals surface area contributed by atoms with E-state index in [2.05, 4.69) is 31.6 Å². The van der Waals surface area contributed by atoms with E-state index in [1.54, 1.807) is 18.5 Å². The van der Waals surface area contributed by atoms with Crippen molar-refractivity contribution in [3.63, 3.8) is 0 Å². The molecule has 0 saturated heterocycles. The summed E-state index contributed by atoms with van der Waals surface area (Å²) in [6.45, 7) is 1.52. The number of carbonyl (C=O) groups excluding carboxylic acids is 2. The van der Waals surface area contributed by atoms with Crippen LogP contribution in [-0.4, -0.2) is 44.3 Å². The zero-order valence-corrected chi connectivity index (χ0v) is 19.3. The van der Waals surface area contributed by atoms with E-state index < -0.39 is 0 Å². The first kappa shape index (κ1) is 23.6. The Labute approximate surface area is 198 Å². The number of aromatic nitrogens is 2. The van der Waals surface area contributed by atoms with Crippen molar-refractivity contribution in [3.05, 3.63) is 65.8 Å². The van der Waals surface area contributed by atoms with Gasteiger partial charge in [-0.1, -0.05) is 12.1 Å². The average Bonchev–Trinajstić information content (AvgIpc) is 2.82. The first-order chi connectivity index (χ1) is 16.5. The van der Waals surface area contributed by atoms with E-state index in [-0.39, 0.29) is 30.1 Å². The van der Waals surface area contributed by atoms with Crippen LogP contribution in [0.4, 0.5) is 5.69 Å². The standard InChI is InChI=1S/C26H29N5O3/c1-17(32)6-4-10-24(34)29-18-11-14-23(28-16-18)26-21-13-12-19(33)7-5-8-20(21)25(30-31-26)22-9-2-3-15-27-22/h2-3,8-9,11,14-16,19,21,33H,4-7,10,12-13H2,1H3,(H,29,34)/b20-8+/t19-,21?/m0/s1. The molecule has 0 radical (unpaired) electrons. The van der Waals surface area contributed by atoms with E-state index in [0.29, 0.717) is 30.6 Å². The SMILES string of the molecule is CC(=O)CCCC(=O)Nc1ccc(C2=NN=C(c3ccccn3)/C3=C/CC[C@H](O)CCC23)nc1. The third-order valence-electron chi connectivity index (χ3n) is 6.04. The highest BCUT2D eigenvalue weighted by Crippen LogP contribution is 2.32. The number of rotatable bonds is 7. The molecule has 176 valence electrons. The van der Waals surface area contributed by atoms with E-state index in [1.165, 1.54) is 6.92 Å². The van der Waals surface area contributed by atoms with Crippen molar-refractivity contribution in [2.24, 2.45) is 16.1 Å². The summed E-state index contributed by atoms with van der Waals surface area (Å²) in [5.74, 6) is -0.116. The van der Waals surface area contributed by atoms with E-state index >= 15 is 0 Å². The van der Waals surface area contributed by atoms with Crippen LogP contribution < -0.4 is 5.32 Å². The molecule has 34 heavy (non-hydrogen) atoms. The molecular formula is C26H29N5O3. The maximum Gasteiger partial charge on any atom is 0.224 e. The molecular weight excluding hydrogens is 430 g/mol. The number of pyridine rings is 2. The molecule has 1 aliphatic carbocycles. The Bertz CT molecular complexity index is 1120. The van der Waals surface area contributed by atoms with Crippen molar-refractivity contribution in [2.75, 3.05) is 5.32 Å². The first-order valence-electron chi connectivity index (χ1n) is 11.7. The summed E-state index contributed by atoms with van der Waals surface area (Å²) >= 11 is 0. The van der Waals surface area contributed by atoms with Gasteiger partial charge < -0.3 is 15.2 Å². The third-order valence-corrected chi connectivity index (χ3v) is 6.04. The lowest BCUT2D eigenvalue weighted by Gasteiger charge is -2.28. The largest absolute Gasteiger partial charge is 0.393 e. The quantitative estimate of drug-likeness (QED) is 0.652. The van der Waals surface area contributed by atoms with Gasteiger partial charge in [0.1, 0.15) is 11.5 Å². The minimum absolute atomic E-state index is 0.0519. The monoisotopic (exact) mass is 459 g/mol. The highest BCUT2D eigenvalue weighted by atomic mass is 16.3. The average molecular weight is 460 g/mol. The van der Waals surface area contributed by atoms with Crippen LogP contribution in [0.5, 0.6) is 0 Å². The zero-order chi connectivity index (χ0) is 23.9. The minimum atomic E-state index is -0.343. The molecule has 2 aromatic heterocycles. The zero-order valence-electron chi connectivity index (χ0n) is 19.3. The number of carbonyl (C=O) groups is 2. The molecule has 1 aliphatic heterocycles. The fourth-order valence-electron chi connectivity index (χ4n) is 4.28. The molecule has 1 unspecified atom stereocenters. The molecule has 0 spiro atoms. The molecule has 0 fully saturated rings. The van der Waals surface area contributed by atoms with E-state index in [4.69, 9.17) is 0 Å². The van der Waals surface area contributed by atoms with Gasteiger partial charge in [0.05, 0.1) is 35.1 Å². The molecule has 3 heterocycles. The number of Topliss-reactive ketones (excluding diaryl/α,β-unsaturated/α-hetero) is 1. The van der Waals surface area contributed by atoms with E-state index in [1.807, 2.05) is 24.3 Å². The number of ketones is 1. The number of allylic oxidation sites excluding steroid dienone is 2. The molecule has 2 atom stereocenters. The van der Waals surface area contributed by atoms with Gasteiger partial charge in [-0.3, -0.25) is 14.8 Å². The molecule has 1 amide bonds. The minimum Gasteiger partial charge on any atom is -0.393 e. The number of anilines is 1. The number of fused-ring (bicyclic) bond motifs is 1. The molecule has 8 nitrogen and oxygen atoms in total. The lowest BCUT2D eigenvalue weighted by molar-refractivity contribution is -0.117. The Hall–Kier alpha value is -3.52. The normalized spacial score (nSPS) is 21.6. The third kappa shape index (κ3) is 5.88. The van der Waals surface area contributed by atoms with Crippen LogP contribution in [0.3, 0.4) is 0 Å². The number of nitrogens with zero attached hydrogens (tertiary/aromatic N) is 4. The topological polar surface area (TPSA) is 117 Å². The summed E-state index contributed by atoms with van der Waals surface area (Å²) in [6, 6.07) is 9.36. The smallest absolute Gasteiger partial charge is 0.224 e. The Morgan fingerprint density at radius 1 is 1.03 bits per heavy atom. The molecule has 0 saturated carbocycles. The molecule has 2 aliphatic rings. The van der Waals surface area contributed by atoms with Crippen LogP contribution in [-0.2, 0) is 9.59 Å². The van der Waals surface area contributed by atoms with Gasteiger partial charge in [0.2, 0.25) is 5.91 Å². The molecule has 2 N–H and O–H groups in total. The summed E-state index contributed by atoms with van der Waals surface area (Å²) in [7, 11) is 0. The number of amides is 1. The molecule has 4 rings (SSSR count). The molecule has 8 heteroatoms. The Morgan fingerprint density at radius 3 is 2.65 bits per heavy atom. The van der Waals surface area contributed by atoms with Gasteiger partial charge in [-0.05, 0) is 68.9 Å². The van der Waals surface area contributed by atoms with E-state index in [0.717, 1.165) is 42.0 Å². The van der Waals surface area contributed by atoms with Gasteiger partial charge in [-0.2, -0.15) is 5.10 Å².